The van der Waals surface area contributed by atoms with Crippen molar-refractivity contribution in [2.24, 2.45) is 17.8 Å². The van der Waals surface area contributed by atoms with E-state index < -0.39 is 5.97 Å². The maximum absolute atomic E-state index is 11.3. The zero-order valence-electron chi connectivity index (χ0n) is 22.3. The van der Waals surface area contributed by atoms with Gasteiger partial charge in [0, 0.05) is 12.2 Å². The summed E-state index contributed by atoms with van der Waals surface area (Å²) >= 11 is 0. The van der Waals surface area contributed by atoms with Crippen LogP contribution in [-0.2, 0) is 24.2 Å². The molecule has 0 heterocycles. The van der Waals surface area contributed by atoms with Gasteiger partial charge < -0.3 is 14.9 Å². The molecule has 0 aromatic heterocycles. The van der Waals surface area contributed by atoms with Crippen LogP contribution in [0.3, 0.4) is 0 Å². The number of carboxylic acid groups (broad SMARTS) is 1. The number of benzene rings is 3. The van der Waals surface area contributed by atoms with Gasteiger partial charge in [0.15, 0.2) is 0 Å². The maximum Gasteiger partial charge on any atom is 0.307 e. The van der Waals surface area contributed by atoms with Crippen molar-refractivity contribution in [3.63, 3.8) is 0 Å². The summed E-state index contributed by atoms with van der Waals surface area (Å²) in [6, 6.07) is 22.6. The third kappa shape index (κ3) is 7.01. The first-order valence-electron chi connectivity index (χ1n) is 13.6. The SMILES string of the molecule is CC(C)C(C)CC1CCC1c1cc(COc2ccccc2CC(=O)O)cc(-c2cccc(CCO)c2)c1. The molecule has 2 N–H and O–H groups in total. The summed E-state index contributed by atoms with van der Waals surface area (Å²) in [5, 5.41) is 18.7. The fraction of sp³-hybridized carbons (Fsp3) is 0.424. The third-order valence-corrected chi connectivity index (χ3v) is 8.04. The highest BCUT2D eigenvalue weighted by Gasteiger charge is 2.33. The zero-order chi connectivity index (χ0) is 26.4. The molecular weight excluding hydrogens is 460 g/mol. The molecule has 196 valence electrons. The average Bonchev–Trinajstić information content (AvgIpc) is 2.86. The van der Waals surface area contributed by atoms with E-state index in [0.29, 0.717) is 48.0 Å². The van der Waals surface area contributed by atoms with Gasteiger partial charge in [0.1, 0.15) is 12.4 Å². The Hall–Kier alpha value is -3.11. The van der Waals surface area contributed by atoms with E-state index in [1.54, 1.807) is 0 Å². The highest BCUT2D eigenvalue weighted by molar-refractivity contribution is 5.71. The second-order valence-electron chi connectivity index (χ2n) is 11.0. The van der Waals surface area contributed by atoms with Crippen molar-refractivity contribution in [2.45, 2.75) is 65.4 Å². The third-order valence-electron chi connectivity index (χ3n) is 8.04. The lowest BCUT2D eigenvalue weighted by Gasteiger charge is -2.40. The molecule has 4 nitrogen and oxygen atoms in total. The van der Waals surface area contributed by atoms with E-state index in [9.17, 15) is 15.0 Å². The summed E-state index contributed by atoms with van der Waals surface area (Å²) in [6.07, 6.45) is 4.34. The first-order chi connectivity index (χ1) is 17.8. The van der Waals surface area contributed by atoms with Crippen molar-refractivity contribution < 1.29 is 19.7 Å². The number of aliphatic hydroxyl groups is 1. The number of aliphatic carboxylic acids is 1. The summed E-state index contributed by atoms with van der Waals surface area (Å²) in [5.74, 6) is 2.42. The summed E-state index contributed by atoms with van der Waals surface area (Å²) in [6.45, 7) is 7.52. The number of carbonyl (C=O) groups is 1. The van der Waals surface area contributed by atoms with Crippen molar-refractivity contribution in [1.82, 2.24) is 0 Å². The van der Waals surface area contributed by atoms with Gasteiger partial charge in [0.2, 0.25) is 0 Å². The highest BCUT2D eigenvalue weighted by atomic mass is 16.5. The minimum Gasteiger partial charge on any atom is -0.489 e. The van der Waals surface area contributed by atoms with Gasteiger partial charge in [-0.1, -0.05) is 75.4 Å². The number of para-hydroxylation sites is 1. The van der Waals surface area contributed by atoms with Crippen LogP contribution in [0.2, 0.25) is 0 Å². The second kappa shape index (κ2) is 12.4. The zero-order valence-corrected chi connectivity index (χ0v) is 22.3. The molecule has 1 aliphatic carbocycles. The number of aliphatic hydroxyl groups excluding tert-OH is 1. The first kappa shape index (κ1) is 26.9. The molecule has 3 unspecified atom stereocenters. The predicted octanol–water partition coefficient (Wildman–Crippen LogP) is 7.27. The number of hydrogen-bond acceptors (Lipinski definition) is 3. The van der Waals surface area contributed by atoms with Gasteiger partial charge in [-0.05, 0) is 89.3 Å². The Balaban J connectivity index is 1.64. The van der Waals surface area contributed by atoms with E-state index in [4.69, 9.17) is 4.74 Å². The topological polar surface area (TPSA) is 66.8 Å². The van der Waals surface area contributed by atoms with E-state index in [-0.39, 0.29) is 13.0 Å². The van der Waals surface area contributed by atoms with E-state index in [1.807, 2.05) is 24.3 Å². The molecule has 37 heavy (non-hydrogen) atoms. The second-order valence-corrected chi connectivity index (χ2v) is 11.0. The van der Waals surface area contributed by atoms with Gasteiger partial charge in [-0.2, -0.15) is 0 Å². The molecule has 0 bridgehead atoms. The standard InChI is InChI=1S/C33H40O4/c1-22(2)23(3)15-27-11-12-31(27)30-18-25(21-37-32-10-5-4-8-28(32)20-33(35)36)17-29(19-30)26-9-6-7-24(16-26)13-14-34/h4-10,16-19,22-23,27,31,34H,11-15,20-21H2,1-3H3,(H,35,36). The van der Waals surface area contributed by atoms with Gasteiger partial charge >= 0.3 is 5.97 Å². The van der Waals surface area contributed by atoms with Gasteiger partial charge in [0.05, 0.1) is 6.42 Å². The Morgan fingerprint density at radius 1 is 0.946 bits per heavy atom. The number of carboxylic acids is 1. The normalized spacial score (nSPS) is 17.9. The van der Waals surface area contributed by atoms with Crippen LogP contribution in [0.5, 0.6) is 5.75 Å². The molecule has 1 fully saturated rings. The molecule has 4 heteroatoms. The van der Waals surface area contributed by atoms with Crippen LogP contribution in [0.15, 0.2) is 66.7 Å². The smallest absolute Gasteiger partial charge is 0.307 e. The molecule has 3 atom stereocenters. The average molecular weight is 501 g/mol. The summed E-state index contributed by atoms with van der Waals surface area (Å²) in [7, 11) is 0. The molecule has 0 amide bonds. The monoisotopic (exact) mass is 500 g/mol. The lowest BCUT2D eigenvalue weighted by Crippen LogP contribution is -2.27. The minimum atomic E-state index is -0.866. The molecule has 1 aliphatic rings. The first-order valence-corrected chi connectivity index (χ1v) is 13.6. The molecule has 1 saturated carbocycles. The van der Waals surface area contributed by atoms with Crippen LogP contribution >= 0.6 is 0 Å². The largest absolute Gasteiger partial charge is 0.489 e. The van der Waals surface area contributed by atoms with Crippen molar-refractivity contribution in [2.75, 3.05) is 6.61 Å². The molecule has 4 rings (SSSR count). The quantitative estimate of drug-likeness (QED) is 0.274. The molecule has 0 spiro atoms. The van der Waals surface area contributed by atoms with Crippen LogP contribution in [0.1, 0.15) is 68.2 Å². The Morgan fingerprint density at radius 2 is 1.73 bits per heavy atom. The molecule has 3 aromatic carbocycles. The lowest BCUT2D eigenvalue weighted by atomic mass is 9.65. The van der Waals surface area contributed by atoms with E-state index in [1.165, 1.54) is 24.8 Å². The Bertz CT molecular complexity index is 1200. The van der Waals surface area contributed by atoms with Crippen molar-refractivity contribution in [3.05, 3.63) is 89.0 Å². The van der Waals surface area contributed by atoms with Crippen molar-refractivity contribution in [1.29, 1.82) is 0 Å². The number of hydrogen-bond donors (Lipinski definition) is 2. The molecule has 0 radical (unpaired) electrons. The lowest BCUT2D eigenvalue weighted by molar-refractivity contribution is -0.136. The number of rotatable bonds is 12. The number of ether oxygens (including phenoxy) is 1. The van der Waals surface area contributed by atoms with Crippen LogP contribution in [0, 0.1) is 17.8 Å². The maximum atomic E-state index is 11.3. The Kier molecular flexibility index (Phi) is 9.04. The minimum absolute atomic E-state index is 0.0586. The van der Waals surface area contributed by atoms with Gasteiger partial charge in [0.25, 0.3) is 0 Å². The molecule has 0 saturated heterocycles. The fourth-order valence-electron chi connectivity index (χ4n) is 5.37. The van der Waals surface area contributed by atoms with Crippen LogP contribution in [0.25, 0.3) is 11.1 Å². The van der Waals surface area contributed by atoms with Gasteiger partial charge in [-0.25, -0.2) is 0 Å². The van der Waals surface area contributed by atoms with Crippen LogP contribution in [-0.4, -0.2) is 22.8 Å². The van der Waals surface area contributed by atoms with E-state index in [0.717, 1.165) is 22.3 Å². The van der Waals surface area contributed by atoms with E-state index >= 15 is 0 Å². The van der Waals surface area contributed by atoms with Crippen molar-refractivity contribution in [3.8, 4) is 16.9 Å². The predicted molar refractivity (Wildman–Crippen MR) is 149 cm³/mol. The molecule has 3 aromatic rings. The van der Waals surface area contributed by atoms with Gasteiger partial charge in [-0.15, -0.1) is 0 Å². The summed E-state index contributed by atoms with van der Waals surface area (Å²) < 4.78 is 6.19. The highest BCUT2D eigenvalue weighted by Crippen LogP contribution is 2.47. The van der Waals surface area contributed by atoms with E-state index in [2.05, 4.69) is 63.2 Å². The Morgan fingerprint density at radius 3 is 2.43 bits per heavy atom. The summed E-state index contributed by atoms with van der Waals surface area (Å²) in [4.78, 5) is 11.3. The van der Waals surface area contributed by atoms with Crippen LogP contribution in [0.4, 0.5) is 0 Å². The Labute approximate surface area is 221 Å². The van der Waals surface area contributed by atoms with Crippen LogP contribution < -0.4 is 4.74 Å². The molecular formula is C33H40O4. The van der Waals surface area contributed by atoms with Gasteiger partial charge in [-0.3, -0.25) is 4.79 Å². The fourth-order valence-corrected chi connectivity index (χ4v) is 5.37. The molecule has 0 aliphatic heterocycles. The summed E-state index contributed by atoms with van der Waals surface area (Å²) in [5.41, 5.74) is 6.58. The van der Waals surface area contributed by atoms with Crippen molar-refractivity contribution >= 4 is 5.97 Å².